The fourth-order valence-corrected chi connectivity index (χ4v) is 3.07. The maximum atomic E-state index is 13.3. The van der Waals surface area contributed by atoms with Crippen LogP contribution < -0.4 is 16.9 Å². The van der Waals surface area contributed by atoms with Gasteiger partial charge in [0.25, 0.3) is 18.2 Å². The summed E-state index contributed by atoms with van der Waals surface area (Å²) >= 11 is 0. The number of hydrogen-bond acceptors (Lipinski definition) is 5. The molecule has 1 aromatic carbocycles. The number of hydrogen-bond donors (Lipinski definition) is 3. The minimum atomic E-state index is -2.87. The van der Waals surface area contributed by atoms with Crippen LogP contribution in [0, 0.1) is 0 Å². The molecule has 2 amide bonds. The van der Waals surface area contributed by atoms with Crippen molar-refractivity contribution in [1.82, 2.24) is 15.3 Å². The summed E-state index contributed by atoms with van der Waals surface area (Å²) in [5.74, 6) is -2.30. The average molecular weight is 420 g/mol. The van der Waals surface area contributed by atoms with Gasteiger partial charge in [0.2, 0.25) is 0 Å². The number of furan rings is 1. The number of halogens is 2. The zero-order valence-corrected chi connectivity index (χ0v) is 16.3. The maximum absolute atomic E-state index is 13.3. The van der Waals surface area contributed by atoms with E-state index >= 15 is 0 Å². The lowest BCUT2D eigenvalue weighted by atomic mass is 9.99. The molecule has 1 fully saturated rings. The molecule has 5 N–H and O–H groups in total. The lowest BCUT2D eigenvalue weighted by Gasteiger charge is -2.32. The minimum Gasteiger partial charge on any atom is -0.463 e. The number of alkyl halides is 2. The molecule has 0 saturated carbocycles. The number of nitrogens with one attached hydrogen (secondary N) is 1. The average Bonchev–Trinajstić information content (AvgIpc) is 3.19. The number of hydrazine groups is 1. The lowest BCUT2D eigenvalue weighted by Crippen LogP contribution is -2.52. The zero-order chi connectivity index (χ0) is 21.8. The van der Waals surface area contributed by atoms with Crippen LogP contribution in [0.1, 0.15) is 32.9 Å². The first-order valence-corrected chi connectivity index (χ1v) is 9.14. The molecule has 1 aliphatic rings. The molecule has 11 heteroatoms. The van der Waals surface area contributed by atoms with Crippen LogP contribution in [0.4, 0.5) is 8.78 Å². The number of likely N-dealkylation sites (N-methyl/N-ethyl adjacent to an activating group) is 1. The molecule has 1 saturated heterocycles. The van der Waals surface area contributed by atoms with Gasteiger partial charge in [0, 0.05) is 42.9 Å². The Morgan fingerprint density at radius 2 is 1.80 bits per heavy atom. The van der Waals surface area contributed by atoms with Gasteiger partial charge < -0.3 is 20.8 Å². The molecule has 0 unspecified atom stereocenters. The van der Waals surface area contributed by atoms with Crippen molar-refractivity contribution in [3.05, 3.63) is 47.4 Å². The summed E-state index contributed by atoms with van der Waals surface area (Å²) in [7, 11) is 1.98. The molecule has 3 rings (SSSR count). The molecule has 30 heavy (non-hydrogen) atoms. The smallest absolute Gasteiger partial charge is 0.296 e. The number of guanidine groups is 1. The maximum Gasteiger partial charge on any atom is 0.296 e. The van der Waals surface area contributed by atoms with Gasteiger partial charge in [-0.25, -0.2) is 13.8 Å². The molecule has 0 bridgehead atoms. The third-order valence-corrected chi connectivity index (χ3v) is 4.64. The van der Waals surface area contributed by atoms with Crippen LogP contribution in [0.5, 0.6) is 0 Å². The first-order chi connectivity index (χ1) is 14.2. The number of rotatable bonds is 5. The summed E-state index contributed by atoms with van der Waals surface area (Å²) in [5, 5.41) is 1.76. The topological polar surface area (TPSA) is 130 Å². The fourth-order valence-electron chi connectivity index (χ4n) is 3.07. The Morgan fingerprint density at radius 1 is 1.13 bits per heavy atom. The second kappa shape index (κ2) is 9.01. The molecule has 1 aliphatic heterocycles. The molecule has 2 heterocycles. The predicted octanol–water partition coefficient (Wildman–Crippen LogP) is 1.19. The summed E-state index contributed by atoms with van der Waals surface area (Å²) in [4.78, 5) is 30.7. The van der Waals surface area contributed by atoms with Gasteiger partial charge >= 0.3 is 0 Å². The largest absolute Gasteiger partial charge is 0.463 e. The van der Waals surface area contributed by atoms with Gasteiger partial charge in [0.05, 0.1) is 6.26 Å². The Balaban J connectivity index is 1.97. The van der Waals surface area contributed by atoms with E-state index in [9.17, 15) is 18.4 Å². The number of nitrogens with zero attached hydrogens (tertiary/aromatic N) is 3. The van der Waals surface area contributed by atoms with Crippen LogP contribution in [0.2, 0.25) is 0 Å². The zero-order valence-electron chi connectivity index (χ0n) is 16.3. The molecular weight excluding hydrogens is 398 g/mol. The Kier molecular flexibility index (Phi) is 6.43. The van der Waals surface area contributed by atoms with Gasteiger partial charge in [-0.3, -0.25) is 15.0 Å². The van der Waals surface area contributed by atoms with Gasteiger partial charge in [-0.15, -0.1) is 0 Å². The van der Waals surface area contributed by atoms with Crippen LogP contribution in [0.15, 0.2) is 39.9 Å². The SMILES string of the molecule is CN1CCN(NC(=O)c2cc(C(=O)N=C(N)N)cc(-c3ccoc3C(F)F)c2)CC1. The second-order valence-electron chi connectivity index (χ2n) is 6.87. The highest BCUT2D eigenvalue weighted by atomic mass is 19.3. The molecule has 9 nitrogen and oxygen atoms in total. The predicted molar refractivity (Wildman–Crippen MR) is 106 cm³/mol. The van der Waals surface area contributed by atoms with Crippen LogP contribution in [0.3, 0.4) is 0 Å². The van der Waals surface area contributed by atoms with E-state index in [1.165, 1.54) is 24.3 Å². The van der Waals surface area contributed by atoms with Gasteiger partial charge in [-0.2, -0.15) is 4.99 Å². The quantitative estimate of drug-likeness (QED) is 0.489. The van der Waals surface area contributed by atoms with Crippen LogP contribution in [-0.4, -0.2) is 60.9 Å². The highest BCUT2D eigenvalue weighted by molar-refractivity contribution is 6.05. The van der Waals surface area contributed by atoms with E-state index < -0.39 is 30.0 Å². The molecule has 0 atom stereocenters. The van der Waals surface area contributed by atoms with E-state index in [-0.39, 0.29) is 22.3 Å². The van der Waals surface area contributed by atoms with E-state index in [1.54, 1.807) is 5.01 Å². The Morgan fingerprint density at radius 3 is 2.43 bits per heavy atom. The van der Waals surface area contributed by atoms with Crippen molar-refractivity contribution in [2.24, 2.45) is 16.5 Å². The molecule has 1 aromatic heterocycles. The molecule has 0 spiro atoms. The summed E-state index contributed by atoms with van der Waals surface area (Å²) < 4.78 is 31.4. The summed E-state index contributed by atoms with van der Waals surface area (Å²) in [6.45, 7) is 2.81. The van der Waals surface area contributed by atoms with E-state index in [0.29, 0.717) is 13.1 Å². The third-order valence-electron chi connectivity index (χ3n) is 4.64. The Bertz CT molecular complexity index is 963. The lowest BCUT2D eigenvalue weighted by molar-refractivity contribution is 0.0662. The molecule has 0 aliphatic carbocycles. The molecular formula is C19H22F2N6O3. The van der Waals surface area contributed by atoms with Crippen LogP contribution >= 0.6 is 0 Å². The van der Waals surface area contributed by atoms with Crippen molar-refractivity contribution >= 4 is 17.8 Å². The summed E-state index contributed by atoms with van der Waals surface area (Å²) in [6, 6.07) is 5.40. The van der Waals surface area contributed by atoms with E-state index in [4.69, 9.17) is 15.9 Å². The number of benzene rings is 1. The highest BCUT2D eigenvalue weighted by Crippen LogP contribution is 2.33. The van der Waals surface area contributed by atoms with E-state index in [1.807, 2.05) is 7.05 Å². The monoisotopic (exact) mass is 420 g/mol. The van der Waals surface area contributed by atoms with Crippen molar-refractivity contribution in [2.45, 2.75) is 6.43 Å². The molecule has 160 valence electrons. The standard InChI is InChI=1S/C19H22F2N6O3/c1-26-3-5-27(6-4-26)25-18(29)13-9-11(14-2-7-30-15(14)16(20)21)8-12(10-13)17(28)24-19(22)23/h2,7-10,16H,3-6H2,1H3,(H,25,29)(H4,22,23,24,28). The van der Waals surface area contributed by atoms with Gasteiger partial charge in [0.15, 0.2) is 11.7 Å². The van der Waals surface area contributed by atoms with E-state index in [0.717, 1.165) is 19.4 Å². The normalized spacial score (nSPS) is 15.2. The number of piperazine rings is 1. The number of carbonyl (C=O) groups excluding carboxylic acids is 2. The fraction of sp³-hybridized carbons (Fsp3) is 0.316. The number of carbonyl (C=O) groups is 2. The highest BCUT2D eigenvalue weighted by Gasteiger charge is 2.22. The Hall–Kier alpha value is -3.31. The van der Waals surface area contributed by atoms with Crippen molar-refractivity contribution in [3.8, 4) is 11.1 Å². The number of nitrogens with two attached hydrogens (primary N) is 2. The molecule has 2 aromatic rings. The molecule has 0 radical (unpaired) electrons. The van der Waals surface area contributed by atoms with Crippen molar-refractivity contribution in [1.29, 1.82) is 0 Å². The Labute approximate surface area is 171 Å². The minimum absolute atomic E-state index is 0.0224. The summed E-state index contributed by atoms with van der Waals surface area (Å²) in [6.07, 6.45) is -1.75. The van der Waals surface area contributed by atoms with Crippen LogP contribution in [-0.2, 0) is 0 Å². The summed E-state index contributed by atoms with van der Waals surface area (Å²) in [5.41, 5.74) is 13.6. The van der Waals surface area contributed by atoms with Gasteiger partial charge in [0.1, 0.15) is 0 Å². The van der Waals surface area contributed by atoms with Gasteiger partial charge in [-0.1, -0.05) is 0 Å². The van der Waals surface area contributed by atoms with Crippen molar-refractivity contribution < 1.29 is 22.8 Å². The van der Waals surface area contributed by atoms with Crippen molar-refractivity contribution in [2.75, 3.05) is 33.2 Å². The van der Waals surface area contributed by atoms with Gasteiger partial charge in [-0.05, 0) is 36.9 Å². The third kappa shape index (κ3) is 4.99. The van der Waals surface area contributed by atoms with Crippen LogP contribution in [0.25, 0.3) is 11.1 Å². The number of aliphatic imine (C=N–C) groups is 1. The van der Waals surface area contributed by atoms with Crippen molar-refractivity contribution in [3.63, 3.8) is 0 Å². The first kappa shape index (κ1) is 21.4. The van der Waals surface area contributed by atoms with E-state index in [2.05, 4.69) is 15.3 Å². The second-order valence-corrected chi connectivity index (χ2v) is 6.87. The number of amides is 2. The first-order valence-electron chi connectivity index (χ1n) is 9.14.